The molecule has 1 unspecified atom stereocenters. The molecule has 0 saturated carbocycles. The number of nitrogens with zero attached hydrogens (tertiary/aromatic N) is 2. The fraction of sp³-hybridized carbons (Fsp3) is 0.409. The summed E-state index contributed by atoms with van der Waals surface area (Å²) in [6.45, 7) is 3.43. The van der Waals surface area contributed by atoms with Gasteiger partial charge >= 0.3 is 0 Å². The number of nitrogens with one attached hydrogen (secondary N) is 1. The van der Waals surface area contributed by atoms with E-state index < -0.39 is 0 Å². The number of piperazine rings is 1. The molecular formula is C22H29N3O3. The predicted molar refractivity (Wildman–Crippen MR) is 110 cm³/mol. The number of carbonyl (C=O) groups excluding carboxylic acids is 1. The van der Waals surface area contributed by atoms with Gasteiger partial charge in [0.1, 0.15) is 11.5 Å². The van der Waals surface area contributed by atoms with Crippen LogP contribution in [0.2, 0.25) is 0 Å². The molecule has 1 atom stereocenters. The van der Waals surface area contributed by atoms with Gasteiger partial charge < -0.3 is 19.7 Å². The number of ether oxygens (including phenoxy) is 2. The minimum atomic E-state index is 0.101. The molecule has 3 rings (SSSR count). The quantitative estimate of drug-likeness (QED) is 0.795. The summed E-state index contributed by atoms with van der Waals surface area (Å²) < 4.78 is 10.8. The molecule has 0 bridgehead atoms. The van der Waals surface area contributed by atoms with Crippen LogP contribution in [0.3, 0.4) is 0 Å². The van der Waals surface area contributed by atoms with Gasteiger partial charge in [0.05, 0.1) is 26.8 Å². The second kappa shape index (κ2) is 9.57. The van der Waals surface area contributed by atoms with Gasteiger partial charge in [0.25, 0.3) is 0 Å². The first-order chi connectivity index (χ1) is 13.6. The van der Waals surface area contributed by atoms with E-state index in [4.69, 9.17) is 9.47 Å². The third-order valence-corrected chi connectivity index (χ3v) is 5.17. The molecule has 0 radical (unpaired) electrons. The molecule has 1 aliphatic rings. The molecule has 6 heteroatoms. The number of benzene rings is 2. The molecule has 2 aromatic carbocycles. The van der Waals surface area contributed by atoms with Gasteiger partial charge in [-0.05, 0) is 23.8 Å². The van der Waals surface area contributed by atoms with Crippen molar-refractivity contribution in [2.24, 2.45) is 0 Å². The summed E-state index contributed by atoms with van der Waals surface area (Å²) in [6.07, 6.45) is 0. The molecule has 0 aliphatic carbocycles. The Balaban J connectivity index is 1.68. The van der Waals surface area contributed by atoms with Gasteiger partial charge in [0, 0.05) is 38.8 Å². The fourth-order valence-electron chi connectivity index (χ4n) is 3.61. The number of rotatable bonds is 7. The Morgan fingerprint density at radius 1 is 1.18 bits per heavy atom. The van der Waals surface area contributed by atoms with Crippen molar-refractivity contribution >= 4 is 5.91 Å². The van der Waals surface area contributed by atoms with Crippen LogP contribution in [-0.4, -0.2) is 63.2 Å². The van der Waals surface area contributed by atoms with Gasteiger partial charge in [-0.1, -0.05) is 30.3 Å². The Labute approximate surface area is 167 Å². The SMILES string of the molecule is COc1cccc(CN(C)C(=O)CN2CCNCC2c2ccccc2OC)c1. The number of amides is 1. The predicted octanol–water partition coefficient (Wildman–Crippen LogP) is 2.31. The lowest BCUT2D eigenvalue weighted by Gasteiger charge is -2.37. The average molecular weight is 383 g/mol. The maximum absolute atomic E-state index is 12.9. The average Bonchev–Trinajstić information content (AvgIpc) is 2.74. The van der Waals surface area contributed by atoms with Crippen molar-refractivity contribution in [2.45, 2.75) is 12.6 Å². The van der Waals surface area contributed by atoms with E-state index in [-0.39, 0.29) is 11.9 Å². The van der Waals surface area contributed by atoms with Crippen molar-refractivity contribution in [1.82, 2.24) is 15.1 Å². The Kier molecular flexibility index (Phi) is 6.90. The van der Waals surface area contributed by atoms with Gasteiger partial charge in [0.2, 0.25) is 5.91 Å². The van der Waals surface area contributed by atoms with Crippen LogP contribution in [0.25, 0.3) is 0 Å². The summed E-state index contributed by atoms with van der Waals surface area (Å²) >= 11 is 0. The zero-order valence-electron chi connectivity index (χ0n) is 16.9. The molecule has 28 heavy (non-hydrogen) atoms. The Hall–Kier alpha value is -2.57. The van der Waals surface area contributed by atoms with E-state index in [2.05, 4.69) is 16.3 Å². The van der Waals surface area contributed by atoms with Crippen LogP contribution in [0.15, 0.2) is 48.5 Å². The number of para-hydroxylation sites is 1. The minimum Gasteiger partial charge on any atom is -0.497 e. The Bertz CT molecular complexity index is 796. The zero-order valence-corrected chi connectivity index (χ0v) is 16.9. The third kappa shape index (κ3) is 4.82. The van der Waals surface area contributed by atoms with Crippen LogP contribution >= 0.6 is 0 Å². The Morgan fingerprint density at radius 3 is 2.79 bits per heavy atom. The molecule has 0 spiro atoms. The molecule has 1 N–H and O–H groups in total. The summed E-state index contributed by atoms with van der Waals surface area (Å²) in [4.78, 5) is 16.9. The molecule has 150 valence electrons. The highest BCUT2D eigenvalue weighted by Crippen LogP contribution is 2.30. The fourth-order valence-corrected chi connectivity index (χ4v) is 3.61. The number of likely N-dealkylation sites (N-methyl/N-ethyl adjacent to an activating group) is 1. The lowest BCUT2D eigenvalue weighted by atomic mass is 10.0. The van der Waals surface area contributed by atoms with Crippen molar-refractivity contribution < 1.29 is 14.3 Å². The van der Waals surface area contributed by atoms with E-state index in [9.17, 15) is 4.79 Å². The maximum Gasteiger partial charge on any atom is 0.236 e. The molecule has 1 saturated heterocycles. The van der Waals surface area contributed by atoms with E-state index in [0.29, 0.717) is 13.1 Å². The third-order valence-electron chi connectivity index (χ3n) is 5.17. The lowest BCUT2D eigenvalue weighted by molar-refractivity contribution is -0.132. The summed E-state index contributed by atoms with van der Waals surface area (Å²) in [5, 5.41) is 3.43. The highest BCUT2D eigenvalue weighted by Gasteiger charge is 2.28. The molecule has 1 heterocycles. The first-order valence-corrected chi connectivity index (χ1v) is 9.57. The molecule has 1 aliphatic heterocycles. The van der Waals surface area contributed by atoms with Crippen molar-refractivity contribution in [3.05, 3.63) is 59.7 Å². The van der Waals surface area contributed by atoms with Crippen molar-refractivity contribution in [2.75, 3.05) is 47.4 Å². The molecule has 6 nitrogen and oxygen atoms in total. The summed E-state index contributed by atoms with van der Waals surface area (Å²) in [5.74, 6) is 1.76. The van der Waals surface area contributed by atoms with Crippen molar-refractivity contribution in [1.29, 1.82) is 0 Å². The summed E-state index contributed by atoms with van der Waals surface area (Å²) in [6, 6.07) is 16.0. The number of hydrogen-bond donors (Lipinski definition) is 1. The highest BCUT2D eigenvalue weighted by atomic mass is 16.5. The van der Waals surface area contributed by atoms with Gasteiger partial charge in [-0.2, -0.15) is 0 Å². The molecule has 1 fully saturated rings. The summed E-state index contributed by atoms with van der Waals surface area (Å²) in [5.41, 5.74) is 2.16. The first kappa shape index (κ1) is 20.2. The van der Waals surface area contributed by atoms with Gasteiger partial charge in [0.15, 0.2) is 0 Å². The van der Waals surface area contributed by atoms with Crippen LogP contribution < -0.4 is 14.8 Å². The number of hydrogen-bond acceptors (Lipinski definition) is 5. The molecule has 0 aromatic heterocycles. The van der Waals surface area contributed by atoms with Gasteiger partial charge in [-0.3, -0.25) is 9.69 Å². The standard InChI is InChI=1S/C22H29N3O3/c1-24(15-17-7-6-8-18(13-17)27-2)22(26)16-25-12-11-23-14-20(25)19-9-4-5-10-21(19)28-3/h4-10,13,20,23H,11-12,14-16H2,1-3H3. The van der Waals surface area contributed by atoms with Crippen molar-refractivity contribution in [3.63, 3.8) is 0 Å². The largest absolute Gasteiger partial charge is 0.497 e. The van der Waals surface area contributed by atoms with Gasteiger partial charge in [-0.15, -0.1) is 0 Å². The van der Waals surface area contributed by atoms with Crippen LogP contribution in [0.1, 0.15) is 17.2 Å². The summed E-state index contributed by atoms with van der Waals surface area (Å²) in [7, 11) is 5.19. The topological polar surface area (TPSA) is 54.0 Å². The molecular weight excluding hydrogens is 354 g/mol. The zero-order chi connectivity index (χ0) is 19.9. The molecule has 2 aromatic rings. The monoisotopic (exact) mass is 383 g/mol. The smallest absolute Gasteiger partial charge is 0.236 e. The normalized spacial score (nSPS) is 17.2. The van der Waals surface area contributed by atoms with Crippen LogP contribution in [0, 0.1) is 0 Å². The maximum atomic E-state index is 12.9. The second-order valence-electron chi connectivity index (χ2n) is 7.03. The Morgan fingerprint density at radius 2 is 2.00 bits per heavy atom. The minimum absolute atomic E-state index is 0.101. The van der Waals surface area contributed by atoms with Crippen LogP contribution in [0.5, 0.6) is 11.5 Å². The van der Waals surface area contributed by atoms with E-state index in [1.807, 2.05) is 49.5 Å². The van der Waals surface area contributed by atoms with Crippen LogP contribution in [-0.2, 0) is 11.3 Å². The number of carbonyl (C=O) groups is 1. The van der Waals surface area contributed by atoms with E-state index in [1.54, 1.807) is 19.1 Å². The van der Waals surface area contributed by atoms with E-state index in [0.717, 1.165) is 42.3 Å². The van der Waals surface area contributed by atoms with Crippen LogP contribution in [0.4, 0.5) is 0 Å². The highest BCUT2D eigenvalue weighted by molar-refractivity contribution is 5.78. The van der Waals surface area contributed by atoms with Crippen molar-refractivity contribution in [3.8, 4) is 11.5 Å². The molecule has 1 amide bonds. The number of methoxy groups -OCH3 is 2. The first-order valence-electron chi connectivity index (χ1n) is 9.57. The van der Waals surface area contributed by atoms with E-state index in [1.165, 1.54) is 0 Å². The van der Waals surface area contributed by atoms with E-state index >= 15 is 0 Å². The second-order valence-corrected chi connectivity index (χ2v) is 7.03. The lowest BCUT2D eigenvalue weighted by Crippen LogP contribution is -2.49. The van der Waals surface area contributed by atoms with Gasteiger partial charge in [-0.25, -0.2) is 0 Å².